The Hall–Kier alpha value is -1.07. The molecule has 2 aromatic carbocycles. The van der Waals surface area contributed by atoms with Crippen LogP contribution < -0.4 is 4.72 Å². The molecule has 0 spiro atoms. The molecule has 0 aromatic heterocycles. The van der Waals surface area contributed by atoms with Crippen molar-refractivity contribution < 1.29 is 8.42 Å². The second-order valence-corrected chi connectivity index (χ2v) is 6.85. The van der Waals surface area contributed by atoms with Gasteiger partial charge in [-0.3, -0.25) is 0 Å². The molecule has 0 saturated carbocycles. The summed E-state index contributed by atoms with van der Waals surface area (Å²) in [6.07, 6.45) is 0. The van der Waals surface area contributed by atoms with Crippen molar-refractivity contribution >= 4 is 33.2 Å². The summed E-state index contributed by atoms with van der Waals surface area (Å²) >= 11 is 11.8. The van der Waals surface area contributed by atoms with Crippen LogP contribution in [0.5, 0.6) is 0 Å². The molecule has 0 aliphatic heterocycles. The molecule has 2 rings (SSSR count). The van der Waals surface area contributed by atoms with Gasteiger partial charge in [0, 0.05) is 11.1 Å². The molecule has 0 fully saturated rings. The maximum Gasteiger partial charge on any atom is 0.242 e. The van der Waals surface area contributed by atoms with Gasteiger partial charge in [0.25, 0.3) is 0 Å². The lowest BCUT2D eigenvalue weighted by Crippen LogP contribution is -2.27. The lowest BCUT2D eigenvalue weighted by atomic mass is 10.1. The van der Waals surface area contributed by atoms with Crippen LogP contribution in [0.2, 0.25) is 10.0 Å². The molecule has 0 saturated heterocycles. The first-order valence-corrected chi connectivity index (χ1v) is 8.16. The zero-order chi connectivity index (χ0) is 14.8. The Morgan fingerprint density at radius 1 is 1.05 bits per heavy atom. The highest BCUT2D eigenvalue weighted by Crippen LogP contribution is 2.26. The molecule has 0 unspecified atom stereocenters. The van der Waals surface area contributed by atoms with Crippen molar-refractivity contribution in [3.8, 4) is 0 Å². The summed E-state index contributed by atoms with van der Waals surface area (Å²) < 4.78 is 27.3. The van der Waals surface area contributed by atoms with E-state index in [9.17, 15) is 8.42 Å². The van der Waals surface area contributed by atoms with Gasteiger partial charge in [-0.15, -0.1) is 0 Å². The van der Waals surface area contributed by atoms with E-state index in [1.807, 2.05) is 30.3 Å². The predicted molar refractivity (Wildman–Crippen MR) is 81.6 cm³/mol. The molecule has 0 aliphatic rings. The fraction of sp³-hybridized carbons (Fsp3) is 0.143. The summed E-state index contributed by atoms with van der Waals surface area (Å²) in [6, 6.07) is 13.3. The minimum absolute atomic E-state index is 0.0190. The molecule has 0 radical (unpaired) electrons. The zero-order valence-electron chi connectivity index (χ0n) is 10.7. The zero-order valence-corrected chi connectivity index (χ0v) is 13.0. The van der Waals surface area contributed by atoms with Gasteiger partial charge in [0.1, 0.15) is 4.90 Å². The van der Waals surface area contributed by atoms with Crippen LogP contribution in [-0.2, 0) is 10.0 Å². The Bertz CT molecular complexity index is 702. The largest absolute Gasteiger partial charge is 0.242 e. The fourth-order valence-corrected chi connectivity index (χ4v) is 3.78. The van der Waals surface area contributed by atoms with Gasteiger partial charge >= 0.3 is 0 Å². The fourth-order valence-electron chi connectivity index (χ4n) is 1.79. The molecule has 2 aromatic rings. The monoisotopic (exact) mass is 329 g/mol. The van der Waals surface area contributed by atoms with Crippen LogP contribution in [0.1, 0.15) is 18.5 Å². The molecule has 6 heteroatoms. The first-order valence-electron chi connectivity index (χ1n) is 5.92. The first kappa shape index (κ1) is 15.3. The summed E-state index contributed by atoms with van der Waals surface area (Å²) in [5.74, 6) is 0. The lowest BCUT2D eigenvalue weighted by Gasteiger charge is -2.15. The summed E-state index contributed by atoms with van der Waals surface area (Å²) in [7, 11) is -3.73. The van der Waals surface area contributed by atoms with E-state index in [2.05, 4.69) is 4.72 Å². The standard InChI is InChI=1S/C14H13Cl2NO2S/c1-10(11-5-3-2-4-6-11)17-20(18,19)14-9-12(15)7-8-13(14)16/h2-10,17H,1H3/t10-/m1/s1. The summed E-state index contributed by atoms with van der Waals surface area (Å²) in [6.45, 7) is 1.77. The first-order chi connectivity index (χ1) is 9.40. The van der Waals surface area contributed by atoms with E-state index < -0.39 is 10.0 Å². The highest BCUT2D eigenvalue weighted by molar-refractivity contribution is 7.89. The number of hydrogen-bond acceptors (Lipinski definition) is 2. The van der Waals surface area contributed by atoms with Gasteiger partial charge in [-0.25, -0.2) is 13.1 Å². The highest BCUT2D eigenvalue weighted by Gasteiger charge is 2.21. The SMILES string of the molecule is C[C@@H](NS(=O)(=O)c1cc(Cl)ccc1Cl)c1ccccc1. The molecule has 1 atom stereocenters. The smallest absolute Gasteiger partial charge is 0.207 e. The van der Waals surface area contributed by atoms with Gasteiger partial charge in [-0.05, 0) is 30.7 Å². The van der Waals surface area contributed by atoms with Crippen molar-refractivity contribution in [2.45, 2.75) is 17.9 Å². The summed E-state index contributed by atoms with van der Waals surface area (Å²) in [5, 5.41) is 0.462. The van der Waals surface area contributed by atoms with Gasteiger partial charge in [0.05, 0.1) is 5.02 Å². The van der Waals surface area contributed by atoms with Crippen molar-refractivity contribution in [3.05, 3.63) is 64.1 Å². The maximum absolute atomic E-state index is 12.3. The minimum Gasteiger partial charge on any atom is -0.207 e. The van der Waals surface area contributed by atoms with Crippen molar-refractivity contribution in [1.29, 1.82) is 0 Å². The van der Waals surface area contributed by atoms with E-state index in [4.69, 9.17) is 23.2 Å². The number of nitrogens with one attached hydrogen (secondary N) is 1. The molecule has 20 heavy (non-hydrogen) atoms. The second kappa shape index (κ2) is 6.14. The summed E-state index contributed by atoms with van der Waals surface area (Å²) in [5.41, 5.74) is 0.870. The molecule has 0 bridgehead atoms. The van der Waals surface area contributed by atoms with Crippen molar-refractivity contribution in [3.63, 3.8) is 0 Å². The Labute approximate surface area is 128 Å². The van der Waals surface area contributed by atoms with Crippen LogP contribution >= 0.6 is 23.2 Å². The normalized spacial score (nSPS) is 13.2. The van der Waals surface area contributed by atoms with Crippen LogP contribution in [0.25, 0.3) is 0 Å². The average Bonchev–Trinajstić information content (AvgIpc) is 2.42. The third-order valence-corrected chi connectivity index (χ3v) is 5.07. The molecule has 1 N–H and O–H groups in total. The Balaban J connectivity index is 2.30. The third-order valence-electron chi connectivity index (χ3n) is 2.81. The maximum atomic E-state index is 12.3. The van der Waals surface area contributed by atoms with E-state index in [1.165, 1.54) is 12.1 Å². The topological polar surface area (TPSA) is 46.2 Å². The number of sulfonamides is 1. The van der Waals surface area contributed by atoms with Crippen LogP contribution in [0.15, 0.2) is 53.4 Å². The molecule has 0 amide bonds. The molecule has 3 nitrogen and oxygen atoms in total. The summed E-state index contributed by atoms with van der Waals surface area (Å²) in [4.78, 5) is -0.0190. The Morgan fingerprint density at radius 3 is 2.35 bits per heavy atom. The van der Waals surface area contributed by atoms with Crippen LogP contribution in [0.4, 0.5) is 0 Å². The quantitative estimate of drug-likeness (QED) is 0.920. The average molecular weight is 330 g/mol. The van der Waals surface area contributed by atoms with Crippen LogP contribution in [0, 0.1) is 0 Å². The minimum atomic E-state index is -3.73. The lowest BCUT2D eigenvalue weighted by molar-refractivity contribution is 0.567. The van der Waals surface area contributed by atoms with Crippen LogP contribution in [0.3, 0.4) is 0 Å². The number of halogens is 2. The van der Waals surface area contributed by atoms with Crippen molar-refractivity contribution in [1.82, 2.24) is 4.72 Å². The van der Waals surface area contributed by atoms with Gasteiger partial charge in [-0.1, -0.05) is 53.5 Å². The van der Waals surface area contributed by atoms with Gasteiger partial charge in [0.15, 0.2) is 0 Å². The number of rotatable bonds is 4. The molecular weight excluding hydrogens is 317 g/mol. The van der Waals surface area contributed by atoms with E-state index in [0.29, 0.717) is 5.02 Å². The molecular formula is C14H13Cl2NO2S. The van der Waals surface area contributed by atoms with Gasteiger partial charge in [-0.2, -0.15) is 0 Å². The van der Waals surface area contributed by atoms with E-state index in [0.717, 1.165) is 5.56 Å². The number of hydrogen-bond donors (Lipinski definition) is 1. The van der Waals surface area contributed by atoms with E-state index >= 15 is 0 Å². The Morgan fingerprint density at radius 2 is 1.70 bits per heavy atom. The van der Waals surface area contributed by atoms with Crippen molar-refractivity contribution in [2.24, 2.45) is 0 Å². The molecule has 0 heterocycles. The molecule has 0 aliphatic carbocycles. The van der Waals surface area contributed by atoms with E-state index in [1.54, 1.807) is 13.0 Å². The van der Waals surface area contributed by atoms with Crippen LogP contribution in [-0.4, -0.2) is 8.42 Å². The molecule has 106 valence electrons. The highest BCUT2D eigenvalue weighted by atomic mass is 35.5. The van der Waals surface area contributed by atoms with E-state index in [-0.39, 0.29) is 16.0 Å². The van der Waals surface area contributed by atoms with Gasteiger partial charge < -0.3 is 0 Å². The van der Waals surface area contributed by atoms with Gasteiger partial charge in [0.2, 0.25) is 10.0 Å². The Kier molecular flexibility index (Phi) is 4.70. The predicted octanol–water partition coefficient (Wildman–Crippen LogP) is 4.03. The van der Waals surface area contributed by atoms with Crippen molar-refractivity contribution in [2.75, 3.05) is 0 Å². The number of benzene rings is 2. The third kappa shape index (κ3) is 3.52. The second-order valence-electron chi connectivity index (χ2n) is 4.33.